The molecule has 0 unspecified atom stereocenters. The topological polar surface area (TPSA) is 89.5 Å². The van der Waals surface area contributed by atoms with Crippen LogP contribution in [0.1, 0.15) is 5.56 Å². The maximum Gasteiger partial charge on any atom is 0.379 e. The number of hydrogen-bond acceptors (Lipinski definition) is 5. The predicted molar refractivity (Wildman–Crippen MR) is 61.3 cm³/mol. The van der Waals surface area contributed by atoms with Crippen LogP contribution < -0.4 is 9.47 Å². The molecule has 0 aliphatic carbocycles. The lowest BCUT2D eigenvalue weighted by atomic mass is 10.1. The molecule has 0 aliphatic rings. The first kappa shape index (κ1) is 13.4. The lowest BCUT2D eigenvalue weighted by Gasteiger charge is -2.07. The minimum atomic E-state index is -0.286. The molecule has 1 aromatic heterocycles. The number of aliphatic hydroxyl groups excluding tert-OH is 1. The third kappa shape index (κ3) is 4.38. The number of ether oxygens (including phenoxy) is 2. The molecule has 17 heavy (non-hydrogen) atoms. The third-order valence-corrected chi connectivity index (χ3v) is 2.10. The molecule has 6 heteroatoms. The Kier molecular flexibility index (Phi) is 5.38. The molecular weight excluding hydrogens is 224 g/mol. The third-order valence-electron chi connectivity index (χ3n) is 2.10. The smallest absolute Gasteiger partial charge is 0.379 e. The van der Waals surface area contributed by atoms with Gasteiger partial charge in [0.2, 0.25) is 0 Å². The van der Waals surface area contributed by atoms with E-state index in [2.05, 4.69) is 0 Å². The molecule has 0 spiro atoms. The fourth-order valence-electron chi connectivity index (χ4n) is 1.25. The first-order chi connectivity index (χ1) is 8.17. The maximum atomic E-state index is 11.4. The molecule has 94 valence electrons. The Hall–Kier alpha value is -1.66. The van der Waals surface area contributed by atoms with Gasteiger partial charge in [0, 0.05) is 25.3 Å². The van der Waals surface area contributed by atoms with Crippen molar-refractivity contribution < 1.29 is 19.3 Å². The normalized spacial score (nSPS) is 10.2. The summed E-state index contributed by atoms with van der Waals surface area (Å²) < 4.78 is 10.7. The van der Waals surface area contributed by atoms with E-state index in [1.165, 1.54) is 6.20 Å². The second-order valence-corrected chi connectivity index (χ2v) is 3.48. The highest BCUT2D eigenvalue weighted by Crippen LogP contribution is 2.08. The molecule has 0 fully saturated rings. The largest absolute Gasteiger partial charge is 0.616 e. The summed E-state index contributed by atoms with van der Waals surface area (Å²) in [5, 5.41) is 27.5. The van der Waals surface area contributed by atoms with E-state index >= 15 is 0 Å². The summed E-state index contributed by atoms with van der Waals surface area (Å²) in [4.78, 5) is 0. The second kappa shape index (κ2) is 6.82. The van der Waals surface area contributed by atoms with Gasteiger partial charge in [-0.05, 0) is 5.56 Å². The number of nitrogens with one attached hydrogen (secondary N) is 1. The average Bonchev–Trinajstić information content (AvgIpc) is 2.33. The summed E-state index contributed by atoms with van der Waals surface area (Å²) in [6.45, 7) is 0.405. The Labute approximate surface area is 99.5 Å². The van der Waals surface area contributed by atoms with Crippen LogP contribution in [0.2, 0.25) is 0 Å². The van der Waals surface area contributed by atoms with E-state index in [4.69, 9.17) is 20.0 Å². The van der Waals surface area contributed by atoms with Crippen LogP contribution in [0.15, 0.2) is 18.3 Å². The van der Waals surface area contributed by atoms with Crippen molar-refractivity contribution in [2.75, 3.05) is 26.9 Å². The van der Waals surface area contributed by atoms with E-state index < -0.39 is 0 Å². The number of methoxy groups -OCH3 is 1. The number of aliphatic hydroxyl groups is 1. The van der Waals surface area contributed by atoms with Gasteiger partial charge in [0.1, 0.15) is 6.61 Å². The maximum absolute atomic E-state index is 11.4. The Morgan fingerprint density at radius 2 is 2.29 bits per heavy atom. The molecule has 0 saturated heterocycles. The molecule has 0 aromatic carbocycles. The highest BCUT2D eigenvalue weighted by molar-refractivity contribution is 5.84. The van der Waals surface area contributed by atoms with Crippen LogP contribution >= 0.6 is 0 Å². The van der Waals surface area contributed by atoms with Crippen LogP contribution in [0.5, 0.6) is 5.88 Å². The number of aromatic nitrogens is 1. The van der Waals surface area contributed by atoms with Gasteiger partial charge in [-0.2, -0.15) is 0 Å². The van der Waals surface area contributed by atoms with Gasteiger partial charge in [0.25, 0.3) is 0 Å². The summed E-state index contributed by atoms with van der Waals surface area (Å²) >= 11 is 0. The van der Waals surface area contributed by atoms with Crippen LogP contribution in [-0.2, 0) is 11.2 Å². The SMILES string of the molecule is COCCOc1cc(CC(=N)CO)cc[n+]1[O-]. The first-order valence-corrected chi connectivity index (χ1v) is 5.18. The number of pyridine rings is 1. The van der Waals surface area contributed by atoms with E-state index in [-0.39, 0.29) is 18.2 Å². The van der Waals surface area contributed by atoms with Crippen molar-refractivity contribution in [1.29, 1.82) is 5.41 Å². The molecule has 1 aromatic rings. The highest BCUT2D eigenvalue weighted by Gasteiger charge is 2.09. The van der Waals surface area contributed by atoms with Gasteiger partial charge in [0.05, 0.1) is 19.3 Å². The van der Waals surface area contributed by atoms with Crippen LogP contribution in [0.25, 0.3) is 0 Å². The van der Waals surface area contributed by atoms with Gasteiger partial charge in [-0.1, -0.05) is 0 Å². The van der Waals surface area contributed by atoms with E-state index in [0.717, 1.165) is 5.56 Å². The lowest BCUT2D eigenvalue weighted by Crippen LogP contribution is -2.29. The van der Waals surface area contributed by atoms with Crippen molar-refractivity contribution in [2.24, 2.45) is 0 Å². The fourth-order valence-corrected chi connectivity index (χ4v) is 1.25. The Morgan fingerprint density at radius 3 is 2.94 bits per heavy atom. The zero-order chi connectivity index (χ0) is 12.7. The minimum Gasteiger partial charge on any atom is -0.616 e. The second-order valence-electron chi connectivity index (χ2n) is 3.48. The molecule has 0 radical (unpaired) electrons. The van der Waals surface area contributed by atoms with Crippen molar-refractivity contribution >= 4 is 5.71 Å². The molecule has 6 nitrogen and oxygen atoms in total. The minimum absolute atomic E-state index is 0.172. The molecule has 0 aliphatic heterocycles. The quantitative estimate of drug-likeness (QED) is 0.301. The van der Waals surface area contributed by atoms with Crippen molar-refractivity contribution in [2.45, 2.75) is 6.42 Å². The summed E-state index contributed by atoms with van der Waals surface area (Å²) in [6.07, 6.45) is 1.63. The molecule has 1 rings (SSSR count). The predicted octanol–water partition coefficient (Wildman–Crippen LogP) is -0.100. The molecule has 0 amide bonds. The molecule has 1 heterocycles. The van der Waals surface area contributed by atoms with Crippen molar-refractivity contribution in [3.05, 3.63) is 29.1 Å². The van der Waals surface area contributed by atoms with Crippen molar-refractivity contribution in [3.63, 3.8) is 0 Å². The highest BCUT2D eigenvalue weighted by atomic mass is 16.6. The summed E-state index contributed by atoms with van der Waals surface area (Å²) in [6, 6.07) is 3.16. The molecule has 2 N–H and O–H groups in total. The van der Waals surface area contributed by atoms with Crippen LogP contribution in [-0.4, -0.2) is 37.7 Å². The first-order valence-electron chi connectivity index (χ1n) is 5.18. The molecule has 0 bridgehead atoms. The van der Waals surface area contributed by atoms with Gasteiger partial charge in [0.15, 0.2) is 6.20 Å². The molecular formula is C11H16N2O4. The van der Waals surface area contributed by atoms with Crippen molar-refractivity contribution in [1.82, 2.24) is 0 Å². The van der Waals surface area contributed by atoms with E-state index in [0.29, 0.717) is 24.4 Å². The van der Waals surface area contributed by atoms with E-state index in [1.807, 2.05) is 0 Å². The summed E-state index contributed by atoms with van der Waals surface area (Å²) in [5.74, 6) is 0.172. The molecule has 0 saturated carbocycles. The standard InChI is InChI=1S/C11H16N2O4/c1-16-4-5-17-11-7-9(2-3-13(11)15)6-10(12)8-14/h2-3,7,12,14H,4-6,8H2,1H3. The zero-order valence-electron chi connectivity index (χ0n) is 9.68. The Balaban J connectivity index is 2.68. The van der Waals surface area contributed by atoms with E-state index in [9.17, 15) is 5.21 Å². The van der Waals surface area contributed by atoms with Gasteiger partial charge in [-0.3, -0.25) is 0 Å². The number of nitrogens with zero attached hydrogens (tertiary/aromatic N) is 1. The summed E-state index contributed by atoms with van der Waals surface area (Å²) in [7, 11) is 1.55. The zero-order valence-corrected chi connectivity index (χ0v) is 9.68. The average molecular weight is 240 g/mol. The van der Waals surface area contributed by atoms with Gasteiger partial charge in [-0.15, -0.1) is 4.73 Å². The van der Waals surface area contributed by atoms with Crippen LogP contribution in [0.4, 0.5) is 0 Å². The summed E-state index contributed by atoms with van der Waals surface area (Å²) in [5.41, 5.74) is 0.944. The van der Waals surface area contributed by atoms with Gasteiger partial charge in [-0.25, -0.2) is 0 Å². The van der Waals surface area contributed by atoms with Crippen molar-refractivity contribution in [3.8, 4) is 5.88 Å². The van der Waals surface area contributed by atoms with Gasteiger partial charge >= 0.3 is 5.88 Å². The van der Waals surface area contributed by atoms with Crippen LogP contribution in [0, 0.1) is 10.6 Å². The van der Waals surface area contributed by atoms with Gasteiger partial charge < -0.3 is 25.2 Å². The fraction of sp³-hybridized carbons (Fsp3) is 0.455. The number of hydrogen-bond donors (Lipinski definition) is 2. The Bertz CT molecular complexity index is 382. The number of rotatable bonds is 7. The lowest BCUT2D eigenvalue weighted by molar-refractivity contribution is -0.613. The monoisotopic (exact) mass is 240 g/mol. The Morgan fingerprint density at radius 1 is 1.53 bits per heavy atom. The van der Waals surface area contributed by atoms with Crippen LogP contribution in [0.3, 0.4) is 0 Å². The molecule has 0 atom stereocenters. The van der Waals surface area contributed by atoms with E-state index in [1.54, 1.807) is 19.2 Å².